The third kappa shape index (κ3) is 11.3. The average molecular weight is 358 g/mol. The first-order valence-electron chi connectivity index (χ1n) is 8.97. The molecular formula is C17H31N3O3S. The van der Waals surface area contributed by atoms with Gasteiger partial charge in [0.2, 0.25) is 17.7 Å². The number of rotatable bonds is 13. The van der Waals surface area contributed by atoms with Crippen LogP contribution < -0.4 is 16.4 Å². The second kappa shape index (κ2) is 13.1. The van der Waals surface area contributed by atoms with Crippen LogP contribution in [0.1, 0.15) is 57.8 Å². The maximum absolute atomic E-state index is 11.7. The lowest BCUT2D eigenvalue weighted by Crippen LogP contribution is -2.29. The molecule has 0 aromatic rings. The fourth-order valence-electron chi connectivity index (χ4n) is 2.88. The molecule has 1 aliphatic carbocycles. The highest BCUT2D eigenvalue weighted by molar-refractivity contribution is 7.99. The molecule has 0 spiro atoms. The molecule has 0 saturated heterocycles. The van der Waals surface area contributed by atoms with Gasteiger partial charge in [0.05, 0.1) is 5.75 Å². The van der Waals surface area contributed by atoms with E-state index in [2.05, 4.69) is 10.6 Å². The smallest absolute Gasteiger partial charge is 0.230 e. The van der Waals surface area contributed by atoms with Crippen molar-refractivity contribution in [2.45, 2.75) is 57.8 Å². The van der Waals surface area contributed by atoms with Gasteiger partial charge in [-0.25, -0.2) is 0 Å². The lowest BCUT2D eigenvalue weighted by atomic mass is 10.0. The molecule has 3 amide bonds. The van der Waals surface area contributed by atoms with E-state index in [0.717, 1.165) is 31.1 Å². The Labute approximate surface area is 149 Å². The second-order valence-electron chi connectivity index (χ2n) is 6.37. The SMILES string of the molecule is NC(=O)CCNC(=O)CSCCCC(=O)NCCCC1CCCC1. The maximum Gasteiger partial charge on any atom is 0.230 e. The van der Waals surface area contributed by atoms with Gasteiger partial charge in [-0.05, 0) is 30.9 Å². The van der Waals surface area contributed by atoms with E-state index in [4.69, 9.17) is 5.73 Å². The zero-order valence-corrected chi connectivity index (χ0v) is 15.3. The number of nitrogens with one attached hydrogen (secondary N) is 2. The molecule has 1 aliphatic rings. The Bertz CT molecular complexity index is 399. The standard InChI is InChI=1S/C17H31N3O3S/c18-15(21)9-11-20-17(23)13-24-12-4-8-16(22)19-10-3-7-14-5-1-2-6-14/h14H,1-13H2,(H2,18,21)(H,19,22)(H,20,23). The molecule has 1 saturated carbocycles. The number of amides is 3. The molecule has 0 unspecified atom stereocenters. The van der Waals surface area contributed by atoms with Crippen LogP contribution in [-0.4, -0.2) is 42.3 Å². The van der Waals surface area contributed by atoms with Crippen LogP contribution in [0.5, 0.6) is 0 Å². The number of hydrogen-bond donors (Lipinski definition) is 3. The molecule has 24 heavy (non-hydrogen) atoms. The first-order valence-corrected chi connectivity index (χ1v) is 10.1. The topological polar surface area (TPSA) is 101 Å². The lowest BCUT2D eigenvalue weighted by Gasteiger charge is -2.09. The summed E-state index contributed by atoms with van der Waals surface area (Å²) in [5, 5.41) is 5.60. The molecule has 0 atom stereocenters. The van der Waals surface area contributed by atoms with Gasteiger partial charge in [0.15, 0.2) is 0 Å². The molecular weight excluding hydrogens is 326 g/mol. The van der Waals surface area contributed by atoms with Crippen molar-refractivity contribution >= 4 is 29.5 Å². The van der Waals surface area contributed by atoms with Crippen LogP contribution in [0.4, 0.5) is 0 Å². The van der Waals surface area contributed by atoms with Gasteiger partial charge >= 0.3 is 0 Å². The van der Waals surface area contributed by atoms with Crippen LogP contribution in [0.3, 0.4) is 0 Å². The third-order valence-electron chi connectivity index (χ3n) is 4.21. The van der Waals surface area contributed by atoms with Gasteiger partial charge in [-0.3, -0.25) is 14.4 Å². The Morgan fingerprint density at radius 3 is 2.38 bits per heavy atom. The summed E-state index contributed by atoms with van der Waals surface area (Å²) in [4.78, 5) is 33.7. The summed E-state index contributed by atoms with van der Waals surface area (Å²) in [6.07, 6.45) is 9.24. The Balaban J connectivity index is 1.86. The fourth-order valence-corrected chi connectivity index (χ4v) is 3.66. The van der Waals surface area contributed by atoms with Crippen LogP contribution in [0.15, 0.2) is 0 Å². The zero-order valence-electron chi connectivity index (χ0n) is 14.5. The minimum atomic E-state index is -0.419. The van der Waals surface area contributed by atoms with Crippen molar-refractivity contribution in [3.05, 3.63) is 0 Å². The average Bonchev–Trinajstić information content (AvgIpc) is 3.04. The summed E-state index contributed by atoms with van der Waals surface area (Å²) < 4.78 is 0. The summed E-state index contributed by atoms with van der Waals surface area (Å²) in [6, 6.07) is 0. The van der Waals surface area contributed by atoms with Crippen molar-refractivity contribution in [1.82, 2.24) is 10.6 Å². The second-order valence-corrected chi connectivity index (χ2v) is 7.47. The van der Waals surface area contributed by atoms with Crippen molar-refractivity contribution < 1.29 is 14.4 Å². The first kappa shape index (κ1) is 20.8. The summed E-state index contributed by atoms with van der Waals surface area (Å²) >= 11 is 1.50. The molecule has 0 aromatic carbocycles. The normalized spacial score (nSPS) is 14.5. The summed E-state index contributed by atoms with van der Waals surface area (Å²) in [7, 11) is 0. The highest BCUT2D eigenvalue weighted by Crippen LogP contribution is 2.28. The van der Waals surface area contributed by atoms with Crippen molar-refractivity contribution in [2.75, 3.05) is 24.6 Å². The van der Waals surface area contributed by atoms with Crippen molar-refractivity contribution in [2.24, 2.45) is 11.7 Å². The number of carbonyl (C=O) groups is 3. The predicted octanol–water partition coefficient (Wildman–Crippen LogP) is 1.58. The summed E-state index contributed by atoms with van der Waals surface area (Å²) in [5.74, 6) is 1.59. The minimum Gasteiger partial charge on any atom is -0.370 e. The predicted molar refractivity (Wildman–Crippen MR) is 97.6 cm³/mol. The van der Waals surface area contributed by atoms with Gasteiger partial charge in [-0.1, -0.05) is 25.7 Å². The van der Waals surface area contributed by atoms with Crippen LogP contribution >= 0.6 is 11.8 Å². The van der Waals surface area contributed by atoms with E-state index in [1.54, 1.807) is 0 Å². The third-order valence-corrected chi connectivity index (χ3v) is 5.25. The van der Waals surface area contributed by atoms with E-state index >= 15 is 0 Å². The van der Waals surface area contributed by atoms with Gasteiger partial charge in [-0.15, -0.1) is 0 Å². The van der Waals surface area contributed by atoms with E-state index in [9.17, 15) is 14.4 Å². The van der Waals surface area contributed by atoms with Crippen LogP contribution in [-0.2, 0) is 14.4 Å². The number of nitrogens with two attached hydrogens (primary N) is 1. The Morgan fingerprint density at radius 2 is 1.67 bits per heavy atom. The van der Waals surface area contributed by atoms with Crippen molar-refractivity contribution in [3.8, 4) is 0 Å². The molecule has 1 fully saturated rings. The first-order chi connectivity index (χ1) is 11.6. The van der Waals surface area contributed by atoms with Crippen LogP contribution in [0, 0.1) is 5.92 Å². The molecule has 0 aromatic heterocycles. The number of primary amides is 1. The fraction of sp³-hybridized carbons (Fsp3) is 0.824. The Kier molecular flexibility index (Phi) is 11.4. The number of carbonyl (C=O) groups excluding carboxylic acids is 3. The van der Waals surface area contributed by atoms with E-state index in [1.807, 2.05) is 0 Å². The van der Waals surface area contributed by atoms with E-state index in [0.29, 0.717) is 12.2 Å². The molecule has 6 nitrogen and oxygen atoms in total. The van der Waals surface area contributed by atoms with Gasteiger partial charge < -0.3 is 16.4 Å². The molecule has 4 N–H and O–H groups in total. The summed E-state index contributed by atoms with van der Waals surface area (Å²) in [5.41, 5.74) is 4.99. The van der Waals surface area contributed by atoms with E-state index in [1.165, 1.54) is 43.9 Å². The van der Waals surface area contributed by atoms with E-state index < -0.39 is 5.91 Å². The highest BCUT2D eigenvalue weighted by Gasteiger charge is 2.14. The number of hydrogen-bond acceptors (Lipinski definition) is 4. The minimum absolute atomic E-state index is 0.0994. The largest absolute Gasteiger partial charge is 0.370 e. The monoisotopic (exact) mass is 357 g/mol. The molecule has 0 heterocycles. The van der Waals surface area contributed by atoms with E-state index in [-0.39, 0.29) is 24.8 Å². The van der Waals surface area contributed by atoms with Gasteiger partial charge in [-0.2, -0.15) is 11.8 Å². The van der Waals surface area contributed by atoms with Gasteiger partial charge in [0, 0.05) is 25.9 Å². The molecule has 0 bridgehead atoms. The quantitative estimate of drug-likeness (QED) is 0.436. The van der Waals surface area contributed by atoms with Crippen molar-refractivity contribution in [1.29, 1.82) is 0 Å². The Hall–Kier alpha value is -1.24. The molecule has 0 radical (unpaired) electrons. The van der Waals surface area contributed by atoms with Gasteiger partial charge in [0.25, 0.3) is 0 Å². The highest BCUT2D eigenvalue weighted by atomic mass is 32.2. The molecule has 138 valence electrons. The maximum atomic E-state index is 11.7. The lowest BCUT2D eigenvalue weighted by molar-refractivity contribution is -0.121. The summed E-state index contributed by atoms with van der Waals surface area (Å²) in [6.45, 7) is 1.07. The molecule has 1 rings (SSSR count). The van der Waals surface area contributed by atoms with Gasteiger partial charge in [0.1, 0.15) is 0 Å². The van der Waals surface area contributed by atoms with Crippen molar-refractivity contribution in [3.63, 3.8) is 0 Å². The zero-order chi connectivity index (χ0) is 17.6. The molecule has 0 aliphatic heterocycles. The Morgan fingerprint density at radius 1 is 0.958 bits per heavy atom. The van der Waals surface area contributed by atoms with Crippen LogP contribution in [0.2, 0.25) is 0 Å². The van der Waals surface area contributed by atoms with Crippen LogP contribution in [0.25, 0.3) is 0 Å². The number of thioether (sulfide) groups is 1. The molecule has 7 heteroatoms.